The quantitative estimate of drug-likeness (QED) is 0.219. The number of aromatic carboxylic acids is 1. The van der Waals surface area contributed by atoms with Crippen LogP contribution in [0, 0.1) is 10.7 Å². The summed E-state index contributed by atoms with van der Waals surface area (Å²) >= 11 is 5.74. The maximum Gasteiger partial charge on any atom is 0.337 e. The first-order chi connectivity index (χ1) is 12.7. The number of carbonyl (C=O) groups excluding carboxylic acids is 2. The molecule has 0 spiro atoms. The minimum Gasteiger partial charge on any atom is -0.478 e. The maximum absolute atomic E-state index is 13.1. The first-order valence-electron chi connectivity index (χ1n) is 7.79. The monoisotopic (exact) mass is 715 g/mol. The lowest BCUT2D eigenvalue weighted by Gasteiger charge is -2.25. The third-order valence-electron chi connectivity index (χ3n) is 3.52. The largest absolute Gasteiger partial charge is 0.478 e. The molecule has 1 aromatic rings. The molecule has 9 nitrogen and oxygen atoms in total. The summed E-state index contributed by atoms with van der Waals surface area (Å²) in [5, 5.41) is 12.6. The number of ketones is 1. The number of rotatable bonds is 10. The molecule has 0 atom stereocenters. The fraction of sp³-hybridized carbons (Fsp3) is 0.400. The molecule has 0 aromatic heterocycles. The lowest BCUT2D eigenvalue weighted by molar-refractivity contribution is -0.116. The number of nitrogens with one attached hydrogen (secondary N) is 1. The van der Waals surface area contributed by atoms with Gasteiger partial charge in [-0.25, -0.2) is 4.79 Å². The first-order valence-corrected chi connectivity index (χ1v) is 11.0. The van der Waals surface area contributed by atoms with Crippen LogP contribution in [0.25, 0.3) is 0 Å². The molecular formula is C15H20I3N5O4. The molecule has 1 aromatic carbocycles. The van der Waals surface area contributed by atoms with Crippen molar-refractivity contribution in [2.75, 3.05) is 44.6 Å². The van der Waals surface area contributed by atoms with Crippen LogP contribution in [0.2, 0.25) is 0 Å². The number of anilines is 1. The molecule has 27 heavy (non-hydrogen) atoms. The van der Waals surface area contributed by atoms with E-state index in [1.54, 1.807) is 0 Å². The van der Waals surface area contributed by atoms with Gasteiger partial charge >= 0.3 is 5.97 Å². The number of benzene rings is 1. The zero-order valence-electron chi connectivity index (χ0n) is 14.2. The lowest BCUT2D eigenvalue weighted by atomic mass is 10.1. The number of hydrogen-bond donors (Lipinski definition) is 5. The molecule has 8 N–H and O–H groups in total. The van der Waals surface area contributed by atoms with Gasteiger partial charge in [0.2, 0.25) is 0 Å². The molecule has 0 fully saturated rings. The zero-order valence-corrected chi connectivity index (χ0v) is 20.7. The van der Waals surface area contributed by atoms with Crippen molar-refractivity contribution in [3.63, 3.8) is 0 Å². The molecule has 0 radical (unpaired) electrons. The lowest BCUT2D eigenvalue weighted by Crippen LogP contribution is -2.40. The highest BCUT2D eigenvalue weighted by atomic mass is 127. The predicted octanol–water partition coefficient (Wildman–Crippen LogP) is 0.498. The normalized spacial score (nSPS) is 10.6. The topological polar surface area (TPSA) is 165 Å². The van der Waals surface area contributed by atoms with E-state index in [1.807, 2.05) is 67.8 Å². The molecule has 150 valence electrons. The Bertz CT molecular complexity index is 739. The predicted molar refractivity (Wildman–Crippen MR) is 128 cm³/mol. The Morgan fingerprint density at radius 3 is 1.89 bits per heavy atom. The van der Waals surface area contributed by atoms with Gasteiger partial charge in [-0.1, -0.05) is 0 Å². The number of carboxylic acid groups (broad SMARTS) is 1. The van der Waals surface area contributed by atoms with Crippen molar-refractivity contribution in [2.45, 2.75) is 0 Å². The number of nitrogens with two attached hydrogens (primary N) is 3. The van der Waals surface area contributed by atoms with E-state index in [2.05, 4.69) is 5.32 Å². The highest BCUT2D eigenvalue weighted by Gasteiger charge is 2.29. The molecule has 0 bridgehead atoms. The van der Waals surface area contributed by atoms with Crippen molar-refractivity contribution in [3.8, 4) is 0 Å². The number of nitrogens with zero attached hydrogens (tertiary/aromatic N) is 1. The highest BCUT2D eigenvalue weighted by molar-refractivity contribution is 14.1. The van der Waals surface area contributed by atoms with Gasteiger partial charge in [-0.15, -0.1) is 0 Å². The van der Waals surface area contributed by atoms with Gasteiger partial charge in [-0.2, -0.15) is 0 Å². The molecule has 0 saturated carbocycles. The molecular weight excluding hydrogens is 695 g/mol. The fourth-order valence-corrected chi connectivity index (χ4v) is 6.71. The Hall–Kier alpha value is -0.300. The summed E-state index contributed by atoms with van der Waals surface area (Å²) in [5.41, 5.74) is 17.2. The van der Waals surface area contributed by atoms with Crippen molar-refractivity contribution in [2.24, 2.45) is 17.2 Å². The minimum absolute atomic E-state index is 0.00288. The molecule has 0 aliphatic rings. The average Bonchev–Trinajstić information content (AvgIpc) is 2.60. The second-order valence-corrected chi connectivity index (χ2v) is 8.57. The summed E-state index contributed by atoms with van der Waals surface area (Å²) in [7, 11) is 0. The van der Waals surface area contributed by atoms with Crippen LogP contribution in [0.3, 0.4) is 0 Å². The van der Waals surface area contributed by atoms with Gasteiger partial charge in [0, 0.05) is 29.7 Å². The van der Waals surface area contributed by atoms with Crippen LogP contribution in [-0.4, -0.2) is 66.9 Å². The van der Waals surface area contributed by atoms with Crippen LogP contribution >= 0.6 is 67.8 Å². The summed E-state index contributed by atoms with van der Waals surface area (Å²) in [4.78, 5) is 38.0. The van der Waals surface area contributed by atoms with Gasteiger partial charge in [0.05, 0.1) is 37.0 Å². The van der Waals surface area contributed by atoms with Crippen molar-refractivity contribution in [3.05, 3.63) is 21.8 Å². The molecule has 0 unspecified atom stereocenters. The van der Waals surface area contributed by atoms with E-state index < -0.39 is 5.97 Å². The number of carbonyl (C=O) groups is 3. The minimum atomic E-state index is -1.16. The van der Waals surface area contributed by atoms with E-state index in [4.69, 9.17) is 17.2 Å². The van der Waals surface area contributed by atoms with Gasteiger partial charge in [0.25, 0.3) is 5.91 Å². The molecule has 1 rings (SSSR count). The van der Waals surface area contributed by atoms with Crippen molar-refractivity contribution >= 4 is 91.1 Å². The maximum atomic E-state index is 13.1. The molecule has 1 amide bonds. The standard InChI is InChI=1S/C15H20I3N5O4/c16-10-8(14(25)23(3-1-19)4-2-20)11(17)13(22-6-7(24)5-21)12(18)9(10)15(26)27/h22H,1-6,19-21H2,(H,26,27). The smallest absolute Gasteiger partial charge is 0.337 e. The molecule has 0 saturated heterocycles. The van der Waals surface area contributed by atoms with E-state index in [0.29, 0.717) is 29.5 Å². The SMILES string of the molecule is NCCN(CCN)C(=O)c1c(I)c(NCC(=O)CN)c(I)c(C(=O)O)c1I. The van der Waals surface area contributed by atoms with Crippen LogP contribution < -0.4 is 22.5 Å². The third-order valence-corrected chi connectivity index (χ3v) is 6.76. The second-order valence-electron chi connectivity index (χ2n) is 5.34. The zero-order chi connectivity index (χ0) is 20.7. The Kier molecular flexibility index (Phi) is 10.7. The summed E-state index contributed by atoms with van der Waals surface area (Å²) in [6.45, 7) is 0.903. The van der Waals surface area contributed by atoms with E-state index in [9.17, 15) is 19.5 Å². The van der Waals surface area contributed by atoms with Crippen molar-refractivity contribution in [1.82, 2.24) is 4.90 Å². The first kappa shape index (κ1) is 24.7. The summed E-state index contributed by atoms with van der Waals surface area (Å²) in [6.07, 6.45) is 0. The molecule has 0 aliphatic carbocycles. The van der Waals surface area contributed by atoms with Gasteiger partial charge in [0.1, 0.15) is 0 Å². The number of Topliss-reactive ketones (excluding diaryl/α,β-unsaturated/α-hetero) is 1. The summed E-state index contributed by atoms with van der Waals surface area (Å²) < 4.78 is 1.27. The van der Waals surface area contributed by atoms with Crippen LogP contribution in [0.4, 0.5) is 5.69 Å². The van der Waals surface area contributed by atoms with Crippen LogP contribution in [0.15, 0.2) is 0 Å². The Morgan fingerprint density at radius 2 is 1.44 bits per heavy atom. The molecule has 0 heterocycles. The Morgan fingerprint density at radius 1 is 0.926 bits per heavy atom. The molecule has 12 heteroatoms. The van der Waals surface area contributed by atoms with Gasteiger partial charge in [0.15, 0.2) is 5.78 Å². The third kappa shape index (κ3) is 6.09. The number of halogens is 3. The van der Waals surface area contributed by atoms with Crippen LogP contribution in [0.1, 0.15) is 20.7 Å². The van der Waals surface area contributed by atoms with E-state index in [0.717, 1.165) is 0 Å². The van der Waals surface area contributed by atoms with Gasteiger partial charge in [-0.3, -0.25) is 9.59 Å². The molecule has 0 aliphatic heterocycles. The van der Waals surface area contributed by atoms with Crippen molar-refractivity contribution in [1.29, 1.82) is 0 Å². The second kappa shape index (κ2) is 11.6. The number of amides is 1. The highest BCUT2D eigenvalue weighted by Crippen LogP contribution is 2.36. The van der Waals surface area contributed by atoms with E-state index in [1.165, 1.54) is 4.90 Å². The Balaban J connectivity index is 3.58. The summed E-state index contributed by atoms with van der Waals surface area (Å²) in [5.74, 6) is -1.75. The van der Waals surface area contributed by atoms with Gasteiger partial charge in [-0.05, 0) is 67.8 Å². The van der Waals surface area contributed by atoms with Crippen LogP contribution in [0.5, 0.6) is 0 Å². The average molecular weight is 715 g/mol. The van der Waals surface area contributed by atoms with E-state index >= 15 is 0 Å². The number of hydrogen-bond acceptors (Lipinski definition) is 7. The number of carboxylic acids is 1. The van der Waals surface area contributed by atoms with Crippen LogP contribution in [-0.2, 0) is 4.79 Å². The van der Waals surface area contributed by atoms with E-state index in [-0.39, 0.29) is 49.0 Å². The Labute approximate surface area is 197 Å². The summed E-state index contributed by atoms with van der Waals surface area (Å²) in [6, 6.07) is 0. The van der Waals surface area contributed by atoms with Crippen molar-refractivity contribution < 1.29 is 19.5 Å². The fourth-order valence-electron chi connectivity index (χ4n) is 2.24. The van der Waals surface area contributed by atoms with Gasteiger partial charge < -0.3 is 32.5 Å².